The van der Waals surface area contributed by atoms with E-state index in [0.29, 0.717) is 0 Å². The van der Waals surface area contributed by atoms with E-state index in [-0.39, 0.29) is 0 Å². The minimum Gasteiger partial charge on any atom is -0.501 e. The third-order valence-electron chi connectivity index (χ3n) is 0.801. The molecule has 0 aliphatic heterocycles. The monoisotopic (exact) mass is 128 g/mol. The summed E-state index contributed by atoms with van der Waals surface area (Å²) >= 11 is 0. The van der Waals surface area contributed by atoms with Gasteiger partial charge in [0.2, 0.25) is 0 Å². The molecule has 0 spiro atoms. The molecule has 0 amide bonds. The Labute approximate surface area is 55.8 Å². The van der Waals surface area contributed by atoms with Crippen molar-refractivity contribution >= 4 is 0 Å². The second kappa shape index (κ2) is 5.22. The minimum absolute atomic E-state index is 0.722. The van der Waals surface area contributed by atoms with Crippen LogP contribution in [0.3, 0.4) is 0 Å². The summed E-state index contributed by atoms with van der Waals surface area (Å²) in [6.07, 6.45) is 5.25. The molecule has 0 aliphatic carbocycles. The van der Waals surface area contributed by atoms with Gasteiger partial charge in [-0.3, -0.25) is 0 Å². The topological polar surface area (TPSA) is 18.5 Å². The molecule has 0 saturated heterocycles. The van der Waals surface area contributed by atoms with E-state index in [4.69, 9.17) is 9.47 Å². The maximum absolute atomic E-state index is 4.88. The van der Waals surface area contributed by atoms with Gasteiger partial charge in [0.25, 0.3) is 0 Å². The summed E-state index contributed by atoms with van der Waals surface area (Å²) in [7, 11) is 3.19. The fraction of sp³-hybridized carbons (Fsp3) is 0.429. The molecular weight excluding hydrogens is 116 g/mol. The Bertz CT molecular complexity index is 114. The van der Waals surface area contributed by atoms with Gasteiger partial charge in [-0.1, -0.05) is 6.08 Å². The van der Waals surface area contributed by atoms with Crippen molar-refractivity contribution in [3.05, 3.63) is 24.2 Å². The molecule has 0 fully saturated rings. The molecule has 0 aromatic heterocycles. The van der Waals surface area contributed by atoms with Crippen LogP contribution in [0.2, 0.25) is 0 Å². The van der Waals surface area contributed by atoms with Crippen LogP contribution in [0.5, 0.6) is 0 Å². The highest BCUT2D eigenvalue weighted by molar-refractivity contribution is 5.07. The van der Waals surface area contributed by atoms with Crippen molar-refractivity contribution in [1.29, 1.82) is 0 Å². The van der Waals surface area contributed by atoms with Crippen LogP contribution in [0.1, 0.15) is 6.92 Å². The van der Waals surface area contributed by atoms with E-state index in [1.54, 1.807) is 20.5 Å². The molecule has 0 heterocycles. The zero-order valence-corrected chi connectivity index (χ0v) is 6.05. The maximum Gasteiger partial charge on any atom is 0.152 e. The predicted molar refractivity (Wildman–Crippen MR) is 36.9 cm³/mol. The molecule has 2 heteroatoms. The Morgan fingerprint density at radius 1 is 1.33 bits per heavy atom. The van der Waals surface area contributed by atoms with Crippen molar-refractivity contribution in [1.82, 2.24) is 0 Å². The normalized spacial score (nSPS) is 12.1. The van der Waals surface area contributed by atoms with Crippen LogP contribution in [0.15, 0.2) is 24.2 Å². The third-order valence-corrected chi connectivity index (χ3v) is 0.801. The predicted octanol–water partition coefficient (Wildman–Crippen LogP) is 1.70. The molecule has 0 bridgehead atoms. The lowest BCUT2D eigenvalue weighted by Gasteiger charge is -1.97. The van der Waals surface area contributed by atoms with Crippen molar-refractivity contribution in [2.24, 2.45) is 0 Å². The summed E-state index contributed by atoms with van der Waals surface area (Å²) < 4.78 is 9.59. The van der Waals surface area contributed by atoms with Gasteiger partial charge in [0.05, 0.1) is 14.2 Å². The lowest BCUT2D eigenvalue weighted by Crippen LogP contribution is -1.81. The molecule has 0 saturated carbocycles. The van der Waals surface area contributed by atoms with Crippen LogP contribution in [0.25, 0.3) is 0 Å². The summed E-state index contributed by atoms with van der Waals surface area (Å²) in [5, 5.41) is 0. The molecule has 9 heavy (non-hydrogen) atoms. The highest BCUT2D eigenvalue weighted by atomic mass is 16.5. The smallest absolute Gasteiger partial charge is 0.152 e. The molecule has 0 atom stereocenters. The minimum atomic E-state index is 0.722. The van der Waals surface area contributed by atoms with Gasteiger partial charge in [-0.15, -0.1) is 0 Å². The maximum atomic E-state index is 4.88. The highest BCUT2D eigenvalue weighted by Crippen LogP contribution is 1.95. The fourth-order valence-electron chi connectivity index (χ4n) is 0.436. The first-order valence-electron chi connectivity index (χ1n) is 2.74. The van der Waals surface area contributed by atoms with Gasteiger partial charge in [0.15, 0.2) is 5.76 Å². The van der Waals surface area contributed by atoms with Crippen LogP contribution in [-0.4, -0.2) is 14.2 Å². The summed E-state index contributed by atoms with van der Waals surface area (Å²) in [5.41, 5.74) is 0. The van der Waals surface area contributed by atoms with Gasteiger partial charge in [0.1, 0.15) is 6.26 Å². The lowest BCUT2D eigenvalue weighted by atomic mass is 10.5. The van der Waals surface area contributed by atoms with E-state index in [0.717, 1.165) is 5.76 Å². The van der Waals surface area contributed by atoms with E-state index in [1.165, 1.54) is 0 Å². The zero-order valence-electron chi connectivity index (χ0n) is 6.05. The van der Waals surface area contributed by atoms with Crippen LogP contribution in [0, 0.1) is 0 Å². The number of hydrogen-bond donors (Lipinski definition) is 0. The van der Waals surface area contributed by atoms with Gasteiger partial charge < -0.3 is 9.47 Å². The van der Waals surface area contributed by atoms with Crippen LogP contribution >= 0.6 is 0 Å². The number of methoxy groups -OCH3 is 2. The first kappa shape index (κ1) is 8.08. The lowest BCUT2D eigenvalue weighted by molar-refractivity contribution is 0.261. The van der Waals surface area contributed by atoms with Crippen molar-refractivity contribution in [3.8, 4) is 0 Å². The molecule has 0 aliphatic rings. The van der Waals surface area contributed by atoms with E-state index < -0.39 is 0 Å². The van der Waals surface area contributed by atoms with E-state index >= 15 is 0 Å². The Kier molecular flexibility index (Phi) is 4.69. The molecule has 0 radical (unpaired) electrons. The second-order valence-corrected chi connectivity index (χ2v) is 1.46. The molecule has 0 aromatic rings. The molecule has 52 valence electrons. The number of rotatable bonds is 3. The molecule has 0 unspecified atom stereocenters. The van der Waals surface area contributed by atoms with E-state index in [1.807, 2.05) is 19.1 Å². The van der Waals surface area contributed by atoms with Gasteiger partial charge in [-0.2, -0.15) is 0 Å². The van der Waals surface area contributed by atoms with Gasteiger partial charge in [0, 0.05) is 0 Å². The van der Waals surface area contributed by atoms with Crippen molar-refractivity contribution < 1.29 is 9.47 Å². The van der Waals surface area contributed by atoms with E-state index in [9.17, 15) is 0 Å². The average Bonchev–Trinajstić information content (AvgIpc) is 1.88. The van der Waals surface area contributed by atoms with Crippen molar-refractivity contribution in [2.75, 3.05) is 14.2 Å². The van der Waals surface area contributed by atoms with Crippen molar-refractivity contribution in [2.45, 2.75) is 6.92 Å². The third kappa shape index (κ3) is 3.64. The first-order valence-corrected chi connectivity index (χ1v) is 2.74. The van der Waals surface area contributed by atoms with Crippen LogP contribution in [-0.2, 0) is 9.47 Å². The van der Waals surface area contributed by atoms with Crippen LogP contribution in [0.4, 0.5) is 0 Å². The van der Waals surface area contributed by atoms with Crippen LogP contribution < -0.4 is 0 Å². The van der Waals surface area contributed by atoms with Gasteiger partial charge in [-0.05, 0) is 13.0 Å². The Hall–Kier alpha value is -0.920. The molecular formula is C7H12O2. The summed E-state index contributed by atoms with van der Waals surface area (Å²) in [5.74, 6) is 0.722. The van der Waals surface area contributed by atoms with Gasteiger partial charge in [-0.25, -0.2) is 0 Å². The largest absolute Gasteiger partial charge is 0.501 e. The van der Waals surface area contributed by atoms with Crippen molar-refractivity contribution in [3.63, 3.8) is 0 Å². The van der Waals surface area contributed by atoms with E-state index in [2.05, 4.69) is 0 Å². The summed E-state index contributed by atoms with van der Waals surface area (Å²) in [6.45, 7) is 1.92. The second-order valence-electron chi connectivity index (χ2n) is 1.46. The zero-order chi connectivity index (χ0) is 7.11. The Morgan fingerprint density at radius 2 is 2.00 bits per heavy atom. The molecule has 0 rings (SSSR count). The standard InChI is InChI=1S/C7H12O2/c1-4-5-7(9-3)6-8-2/h4-6H,1-3H3/b5-4-,7-6+. The quantitative estimate of drug-likeness (QED) is 0.425. The molecule has 0 aromatic carbocycles. The summed E-state index contributed by atoms with van der Waals surface area (Å²) in [4.78, 5) is 0. The average molecular weight is 128 g/mol. The first-order chi connectivity index (χ1) is 4.35. The fourth-order valence-corrected chi connectivity index (χ4v) is 0.436. The Morgan fingerprint density at radius 3 is 2.33 bits per heavy atom. The Balaban J connectivity index is 3.81. The summed E-state index contributed by atoms with van der Waals surface area (Å²) in [6, 6.07) is 0. The number of ether oxygens (including phenoxy) is 2. The van der Waals surface area contributed by atoms with Gasteiger partial charge >= 0.3 is 0 Å². The molecule has 0 N–H and O–H groups in total. The molecule has 2 nitrogen and oxygen atoms in total. The number of hydrogen-bond acceptors (Lipinski definition) is 2. The SMILES string of the molecule is C/C=C\C(=C/OC)OC. The highest BCUT2D eigenvalue weighted by Gasteiger charge is 1.84. The number of allylic oxidation sites excluding steroid dienone is 2.